The normalized spacial score (nSPS) is 13.2. The SMILES string of the molecule is CCCCC(CC)C(=O)O[Si](OCC)(OCC)OCC. The molecule has 0 aliphatic heterocycles. The molecule has 0 aliphatic rings. The first-order valence-corrected chi connectivity index (χ1v) is 9.36. The van der Waals surface area contributed by atoms with Gasteiger partial charge in [0.05, 0.1) is 5.92 Å². The Hall–Kier alpha value is -0.433. The van der Waals surface area contributed by atoms with E-state index in [0.717, 1.165) is 25.7 Å². The minimum absolute atomic E-state index is 0.108. The molecule has 5 nitrogen and oxygen atoms in total. The zero-order valence-corrected chi connectivity index (χ0v) is 14.6. The number of hydrogen-bond donors (Lipinski definition) is 0. The number of rotatable bonds is 12. The van der Waals surface area contributed by atoms with Crippen molar-refractivity contribution in [2.24, 2.45) is 5.92 Å². The minimum atomic E-state index is -3.33. The van der Waals surface area contributed by atoms with Gasteiger partial charge in [0, 0.05) is 19.8 Å². The Kier molecular flexibility index (Phi) is 11.0. The van der Waals surface area contributed by atoms with E-state index in [4.69, 9.17) is 17.7 Å². The highest BCUT2D eigenvalue weighted by Crippen LogP contribution is 2.19. The van der Waals surface area contributed by atoms with Gasteiger partial charge in [0.2, 0.25) is 0 Å². The maximum atomic E-state index is 12.3. The lowest BCUT2D eigenvalue weighted by Crippen LogP contribution is -2.51. The van der Waals surface area contributed by atoms with Gasteiger partial charge in [-0.15, -0.1) is 0 Å². The second-order valence-corrected chi connectivity index (χ2v) is 6.54. The zero-order valence-electron chi connectivity index (χ0n) is 13.6. The molecule has 0 bridgehead atoms. The van der Waals surface area contributed by atoms with Crippen molar-refractivity contribution in [1.29, 1.82) is 0 Å². The summed E-state index contributed by atoms with van der Waals surface area (Å²) in [4.78, 5) is 12.3. The lowest BCUT2D eigenvalue weighted by molar-refractivity contribution is -0.149. The van der Waals surface area contributed by atoms with Crippen LogP contribution < -0.4 is 0 Å². The fourth-order valence-corrected chi connectivity index (χ4v) is 3.79. The number of carbonyl (C=O) groups is 1. The monoisotopic (exact) mass is 306 g/mol. The van der Waals surface area contributed by atoms with E-state index in [1.54, 1.807) is 0 Å². The molecule has 6 heteroatoms. The van der Waals surface area contributed by atoms with Gasteiger partial charge in [-0.2, -0.15) is 0 Å². The quantitative estimate of drug-likeness (QED) is 0.518. The molecule has 0 saturated heterocycles. The molecule has 120 valence electrons. The molecular formula is C14H30O5Si. The van der Waals surface area contributed by atoms with Crippen LogP contribution in [0.5, 0.6) is 0 Å². The summed E-state index contributed by atoms with van der Waals surface area (Å²) in [6.45, 7) is 10.8. The summed E-state index contributed by atoms with van der Waals surface area (Å²) in [5, 5.41) is 0. The molecule has 0 aromatic rings. The summed E-state index contributed by atoms with van der Waals surface area (Å²) in [7, 11) is -3.33. The third-order valence-corrected chi connectivity index (χ3v) is 5.30. The highest BCUT2D eigenvalue weighted by atomic mass is 28.4. The fraction of sp³-hybridized carbons (Fsp3) is 0.929. The summed E-state index contributed by atoms with van der Waals surface area (Å²) in [6, 6.07) is 0. The van der Waals surface area contributed by atoms with Crippen molar-refractivity contribution in [1.82, 2.24) is 0 Å². The van der Waals surface area contributed by atoms with Crippen LogP contribution in [0.3, 0.4) is 0 Å². The molecule has 1 atom stereocenters. The molecule has 0 aliphatic carbocycles. The molecule has 0 fully saturated rings. The topological polar surface area (TPSA) is 54.0 Å². The summed E-state index contributed by atoms with van der Waals surface area (Å²) >= 11 is 0. The van der Waals surface area contributed by atoms with E-state index in [-0.39, 0.29) is 11.9 Å². The Balaban J connectivity index is 4.78. The number of carbonyl (C=O) groups excluding carboxylic acids is 1. The Bertz CT molecular complexity index is 243. The third kappa shape index (κ3) is 6.83. The predicted molar refractivity (Wildman–Crippen MR) is 80.0 cm³/mol. The van der Waals surface area contributed by atoms with Crippen LogP contribution in [0.4, 0.5) is 0 Å². The first-order chi connectivity index (χ1) is 9.59. The lowest BCUT2D eigenvalue weighted by Gasteiger charge is -2.27. The van der Waals surface area contributed by atoms with Crippen molar-refractivity contribution in [3.63, 3.8) is 0 Å². The van der Waals surface area contributed by atoms with Crippen molar-refractivity contribution in [2.75, 3.05) is 19.8 Å². The maximum absolute atomic E-state index is 12.3. The van der Waals surface area contributed by atoms with Gasteiger partial charge in [0.25, 0.3) is 5.97 Å². The van der Waals surface area contributed by atoms with Crippen LogP contribution in [-0.4, -0.2) is 34.8 Å². The molecule has 0 amide bonds. The fourth-order valence-electron chi connectivity index (χ4n) is 1.89. The molecule has 0 radical (unpaired) electrons. The lowest BCUT2D eigenvalue weighted by atomic mass is 10.00. The van der Waals surface area contributed by atoms with E-state index in [0.29, 0.717) is 19.8 Å². The standard InChI is InChI=1S/C14H30O5Si/c1-6-11-12-13(7-2)14(15)19-20(16-8-3,17-9-4)18-10-5/h13H,6-12H2,1-5H3. The second-order valence-electron chi connectivity index (χ2n) is 4.47. The third-order valence-electron chi connectivity index (χ3n) is 2.92. The van der Waals surface area contributed by atoms with Crippen molar-refractivity contribution in [3.05, 3.63) is 0 Å². The summed E-state index contributed by atoms with van der Waals surface area (Å²) < 4.78 is 22.1. The average molecular weight is 306 g/mol. The predicted octanol–water partition coefficient (Wildman–Crippen LogP) is 3.29. The Labute approximate surface area is 124 Å². The number of hydrogen-bond acceptors (Lipinski definition) is 5. The summed E-state index contributed by atoms with van der Waals surface area (Å²) in [5.41, 5.74) is 0. The molecular weight excluding hydrogens is 276 g/mol. The molecule has 0 spiro atoms. The van der Waals surface area contributed by atoms with Gasteiger partial charge in [-0.3, -0.25) is 4.79 Å². The smallest absolute Gasteiger partial charge is 0.452 e. The van der Waals surface area contributed by atoms with Crippen molar-refractivity contribution < 1.29 is 22.5 Å². The Morgan fingerprint density at radius 1 is 0.950 bits per heavy atom. The summed E-state index contributed by atoms with van der Waals surface area (Å²) in [5.74, 6) is -0.369. The number of unbranched alkanes of at least 4 members (excludes halogenated alkanes) is 1. The van der Waals surface area contributed by atoms with Gasteiger partial charge < -0.3 is 17.7 Å². The van der Waals surface area contributed by atoms with Gasteiger partial charge in [-0.1, -0.05) is 26.7 Å². The van der Waals surface area contributed by atoms with E-state index >= 15 is 0 Å². The molecule has 0 saturated carbocycles. The first kappa shape index (κ1) is 19.6. The maximum Gasteiger partial charge on any atom is 0.751 e. The zero-order chi connectivity index (χ0) is 15.4. The Morgan fingerprint density at radius 2 is 1.45 bits per heavy atom. The van der Waals surface area contributed by atoms with Gasteiger partial charge in [0.15, 0.2) is 0 Å². The molecule has 0 rings (SSSR count). The molecule has 0 heterocycles. The largest absolute Gasteiger partial charge is 0.751 e. The highest BCUT2D eigenvalue weighted by Gasteiger charge is 2.50. The second kappa shape index (κ2) is 11.3. The molecule has 20 heavy (non-hydrogen) atoms. The van der Waals surface area contributed by atoms with Crippen LogP contribution in [0.25, 0.3) is 0 Å². The minimum Gasteiger partial charge on any atom is -0.452 e. The highest BCUT2D eigenvalue weighted by molar-refractivity contribution is 6.55. The van der Waals surface area contributed by atoms with Gasteiger partial charge in [0.1, 0.15) is 0 Å². The van der Waals surface area contributed by atoms with Crippen LogP contribution in [-0.2, 0) is 22.5 Å². The van der Waals surface area contributed by atoms with E-state index in [1.807, 2.05) is 27.7 Å². The van der Waals surface area contributed by atoms with Crippen LogP contribution in [0, 0.1) is 5.92 Å². The molecule has 0 aromatic carbocycles. The van der Waals surface area contributed by atoms with Gasteiger partial charge >= 0.3 is 9.05 Å². The van der Waals surface area contributed by atoms with Crippen molar-refractivity contribution in [3.8, 4) is 0 Å². The van der Waals surface area contributed by atoms with E-state index in [2.05, 4.69) is 6.92 Å². The van der Waals surface area contributed by atoms with E-state index in [1.165, 1.54) is 0 Å². The summed E-state index contributed by atoms with van der Waals surface area (Å²) in [6.07, 6.45) is 3.67. The van der Waals surface area contributed by atoms with E-state index < -0.39 is 9.05 Å². The van der Waals surface area contributed by atoms with Crippen LogP contribution in [0.15, 0.2) is 0 Å². The first-order valence-electron chi connectivity index (χ1n) is 7.73. The Morgan fingerprint density at radius 3 is 1.80 bits per heavy atom. The van der Waals surface area contributed by atoms with Crippen molar-refractivity contribution in [2.45, 2.75) is 60.3 Å². The molecule has 1 unspecified atom stereocenters. The molecule has 0 N–H and O–H groups in total. The van der Waals surface area contributed by atoms with Crippen LogP contribution >= 0.6 is 0 Å². The van der Waals surface area contributed by atoms with Crippen LogP contribution in [0.2, 0.25) is 0 Å². The van der Waals surface area contributed by atoms with Crippen molar-refractivity contribution >= 4 is 15.0 Å². The van der Waals surface area contributed by atoms with Gasteiger partial charge in [-0.05, 0) is 33.6 Å². The van der Waals surface area contributed by atoms with E-state index in [9.17, 15) is 4.79 Å². The average Bonchev–Trinajstić information content (AvgIpc) is 2.40. The van der Waals surface area contributed by atoms with Crippen LogP contribution in [0.1, 0.15) is 60.3 Å². The molecule has 0 aromatic heterocycles. The van der Waals surface area contributed by atoms with Gasteiger partial charge in [-0.25, -0.2) is 0 Å².